The first-order valence-electron chi connectivity index (χ1n) is 24.9. The van der Waals surface area contributed by atoms with E-state index in [9.17, 15) is 24.3 Å². The minimum atomic E-state index is -2.63. The maximum atomic E-state index is 16.4. The molecule has 71 heavy (non-hydrogen) atoms. The summed E-state index contributed by atoms with van der Waals surface area (Å²) in [6.07, 6.45) is -9.21. The molecule has 3 aliphatic carbocycles. The molecule has 0 aromatic heterocycles. The largest absolute Gasteiger partial charge is 0.456 e. The van der Waals surface area contributed by atoms with Gasteiger partial charge in [-0.3, -0.25) is 19.3 Å². The highest BCUT2D eigenvalue weighted by molar-refractivity contribution is 6.73. The molecule has 2 saturated heterocycles. The van der Waals surface area contributed by atoms with E-state index in [0.717, 1.165) is 0 Å². The Labute approximate surface area is 418 Å². The van der Waals surface area contributed by atoms with Crippen molar-refractivity contribution in [3.05, 3.63) is 82.9 Å². The summed E-state index contributed by atoms with van der Waals surface area (Å²) < 4.78 is 51.8. The molecule has 2 saturated carbocycles. The zero-order chi connectivity index (χ0) is 52.4. The van der Waals surface area contributed by atoms with Crippen LogP contribution in [0.3, 0.4) is 0 Å². The SMILES string of the molecule is CC[Si](CC)(CC)O[C@H]1C[C@H]2OC[C@@]2(OC(C)=O)C2[C@H](OC(=O)c3ccccc3)[C@]3(O)C[C@H](OC(=O)C4OC(C)(C)N(C(=O)OC(C)(C)C)C4c4ccccc4)C(C)=C([C@@H](OC(C)=O)C(=O)[C@@]21C)C3(C)C. The molecule has 11 atom stereocenters. The molecule has 1 N–H and O–H groups in total. The van der Waals surface area contributed by atoms with E-state index in [1.807, 2.05) is 0 Å². The number of amides is 1. The first kappa shape index (κ1) is 53.8. The number of hydrogen-bond donors (Lipinski definition) is 1. The highest BCUT2D eigenvalue weighted by atomic mass is 28.4. The molecule has 2 bridgehead atoms. The van der Waals surface area contributed by atoms with Crippen molar-refractivity contribution >= 4 is 44.1 Å². The van der Waals surface area contributed by atoms with Crippen LogP contribution in [-0.2, 0) is 56.8 Å². The predicted octanol–water partition coefficient (Wildman–Crippen LogP) is 8.35. The summed E-state index contributed by atoms with van der Waals surface area (Å²) in [5, 5.41) is 14.2. The molecule has 2 aromatic carbocycles. The molecule has 7 rings (SSSR count). The smallest absolute Gasteiger partial charge is 0.413 e. The van der Waals surface area contributed by atoms with Crippen molar-refractivity contribution < 1.29 is 71.5 Å². The van der Waals surface area contributed by atoms with E-state index in [-0.39, 0.29) is 24.2 Å². The van der Waals surface area contributed by atoms with E-state index >= 15 is 9.59 Å². The maximum absolute atomic E-state index is 16.4. The number of fused-ring (bicyclic) bond motifs is 5. The first-order valence-corrected chi connectivity index (χ1v) is 27.5. The summed E-state index contributed by atoms with van der Waals surface area (Å²) in [6.45, 7) is 23.5. The molecule has 2 heterocycles. The Balaban J connectivity index is 1.47. The second-order valence-electron chi connectivity index (χ2n) is 22.2. The number of ketones is 1. The van der Waals surface area contributed by atoms with Gasteiger partial charge >= 0.3 is 30.0 Å². The Kier molecular flexibility index (Phi) is 14.5. The van der Waals surface area contributed by atoms with Gasteiger partial charge in [0.1, 0.15) is 41.3 Å². The lowest BCUT2D eigenvalue weighted by atomic mass is 9.44. The van der Waals surface area contributed by atoms with Crippen LogP contribution in [0.25, 0.3) is 0 Å². The molecule has 0 spiro atoms. The third-order valence-electron chi connectivity index (χ3n) is 16.3. The fourth-order valence-corrected chi connectivity index (χ4v) is 15.3. The number of benzene rings is 2. The summed E-state index contributed by atoms with van der Waals surface area (Å²) in [5.41, 5.74) is -8.64. The van der Waals surface area contributed by atoms with Crippen LogP contribution in [-0.4, -0.2) is 120 Å². The van der Waals surface area contributed by atoms with E-state index in [1.165, 1.54) is 18.7 Å². The van der Waals surface area contributed by atoms with Crippen LogP contribution < -0.4 is 0 Å². The van der Waals surface area contributed by atoms with Crippen molar-refractivity contribution in [1.82, 2.24) is 4.90 Å². The highest BCUT2D eigenvalue weighted by Crippen LogP contribution is 2.65. The van der Waals surface area contributed by atoms with Gasteiger partial charge in [0.25, 0.3) is 0 Å². The van der Waals surface area contributed by atoms with Crippen molar-refractivity contribution in [2.24, 2.45) is 16.7 Å². The molecule has 2 aromatic rings. The van der Waals surface area contributed by atoms with Gasteiger partial charge in [0.05, 0.1) is 29.6 Å². The Bertz CT molecular complexity index is 2420. The lowest BCUT2D eigenvalue weighted by Gasteiger charge is -2.68. The number of nitrogens with zero attached hydrogens (tertiary/aromatic N) is 1. The maximum Gasteiger partial charge on any atom is 0.413 e. The Hall–Kier alpha value is -4.94. The van der Waals surface area contributed by atoms with Gasteiger partial charge in [-0.2, -0.15) is 0 Å². The molecule has 1 amide bonds. The van der Waals surface area contributed by atoms with Gasteiger partial charge < -0.3 is 42.7 Å². The molecule has 0 radical (unpaired) electrons. The van der Waals surface area contributed by atoms with Crippen molar-refractivity contribution in [2.75, 3.05) is 6.61 Å². The predicted molar refractivity (Wildman–Crippen MR) is 261 cm³/mol. The van der Waals surface area contributed by atoms with Gasteiger partial charge in [-0.1, -0.05) is 83.1 Å². The van der Waals surface area contributed by atoms with Gasteiger partial charge in [-0.05, 0) is 95.4 Å². The van der Waals surface area contributed by atoms with E-state index in [0.29, 0.717) is 29.3 Å². The molecular weight excluding hydrogens is 931 g/mol. The van der Waals surface area contributed by atoms with Crippen LogP contribution in [0.15, 0.2) is 71.8 Å². The average molecular weight is 1000 g/mol. The summed E-state index contributed by atoms with van der Waals surface area (Å²) >= 11 is 0. The summed E-state index contributed by atoms with van der Waals surface area (Å²) in [4.78, 5) is 88.8. The average Bonchev–Trinajstić information content (AvgIpc) is 3.59. The molecule has 4 fully saturated rings. The Morgan fingerprint density at radius 2 is 1.44 bits per heavy atom. The van der Waals surface area contributed by atoms with E-state index < -0.39 is 132 Å². The molecule has 3 unspecified atom stereocenters. The van der Waals surface area contributed by atoms with Gasteiger partial charge in [0.2, 0.25) is 0 Å². The second-order valence-corrected chi connectivity index (χ2v) is 26.9. The lowest BCUT2D eigenvalue weighted by molar-refractivity contribution is -0.344. The van der Waals surface area contributed by atoms with E-state index in [1.54, 1.807) is 123 Å². The van der Waals surface area contributed by atoms with E-state index in [4.69, 9.17) is 37.6 Å². The Morgan fingerprint density at radius 3 is 1.96 bits per heavy atom. The van der Waals surface area contributed by atoms with Gasteiger partial charge in [-0.25, -0.2) is 14.4 Å². The number of carbonyl (C=O) groups is 6. The van der Waals surface area contributed by atoms with Crippen molar-refractivity contribution in [3.63, 3.8) is 0 Å². The second kappa shape index (κ2) is 19.2. The fraction of sp³-hybridized carbons (Fsp3) is 0.630. The van der Waals surface area contributed by atoms with Gasteiger partial charge in [0.15, 0.2) is 31.9 Å². The fourth-order valence-electron chi connectivity index (χ4n) is 12.4. The number of esters is 4. The molecule has 388 valence electrons. The van der Waals surface area contributed by atoms with Crippen LogP contribution in [0.1, 0.15) is 132 Å². The minimum Gasteiger partial charge on any atom is -0.456 e. The molecule has 17 heteroatoms. The number of ether oxygens (including phenoxy) is 7. The molecule has 2 aliphatic heterocycles. The summed E-state index contributed by atoms with van der Waals surface area (Å²) in [6, 6.07) is 18.1. The number of aliphatic hydroxyl groups is 1. The lowest BCUT2D eigenvalue weighted by Crippen LogP contribution is -2.82. The monoisotopic (exact) mass is 1000 g/mol. The molecule has 16 nitrogen and oxygen atoms in total. The zero-order valence-electron chi connectivity index (χ0n) is 43.7. The summed E-state index contributed by atoms with van der Waals surface area (Å²) in [5.74, 6) is -5.33. The van der Waals surface area contributed by atoms with Crippen LogP contribution in [0.2, 0.25) is 18.1 Å². The van der Waals surface area contributed by atoms with Crippen molar-refractivity contribution in [2.45, 2.75) is 193 Å². The number of rotatable bonds is 12. The minimum absolute atomic E-state index is 0.0909. The third-order valence-corrected chi connectivity index (χ3v) is 20.9. The topological polar surface area (TPSA) is 200 Å². The highest BCUT2D eigenvalue weighted by Gasteiger charge is 2.79. The van der Waals surface area contributed by atoms with E-state index in [2.05, 4.69) is 20.8 Å². The Morgan fingerprint density at radius 1 is 0.845 bits per heavy atom. The van der Waals surface area contributed by atoms with Gasteiger partial charge in [-0.15, -0.1) is 0 Å². The third kappa shape index (κ3) is 9.16. The normalized spacial score (nSPS) is 33.0. The molecular formula is C54H73NO15Si. The first-order chi connectivity index (χ1) is 33.1. The van der Waals surface area contributed by atoms with Crippen LogP contribution >= 0.6 is 0 Å². The quantitative estimate of drug-likeness (QED) is 0.0920. The standard InChI is InChI=1S/C54H73NO15Si/c1-15-71(16-2,17-3)70-37-28-38-53(30-63-38,67-33(6)57)43-45(66-46(59)35-26-22-19-23-27-35)54(62)29-36(31(4)39(50(54,10)11)41(64-32(5)56)44(58)52(37,43)14)65-47(60)42-40(34-24-20-18-21-25-34)55(51(12,13)68-42)48(61)69-49(7,8)9/h18-27,36-38,40-43,45,62H,15-17,28-30H2,1-14H3/t36-,37-,38+,40?,41+,42?,43?,45-,52+,53-,54+/m0/s1. The number of hydrogen-bond acceptors (Lipinski definition) is 15. The number of Topliss-reactive ketones (excluding diaryl/α,β-unsaturated/α-hetero) is 1. The van der Waals surface area contributed by atoms with Gasteiger partial charge in [0, 0.05) is 32.1 Å². The number of carbonyl (C=O) groups excluding carboxylic acids is 6. The molecule has 5 aliphatic rings. The van der Waals surface area contributed by atoms with Crippen LogP contribution in [0, 0.1) is 16.7 Å². The van der Waals surface area contributed by atoms with Crippen LogP contribution in [0.5, 0.6) is 0 Å². The van der Waals surface area contributed by atoms with Crippen LogP contribution in [0.4, 0.5) is 4.79 Å². The summed E-state index contributed by atoms with van der Waals surface area (Å²) in [7, 11) is -2.63. The zero-order valence-corrected chi connectivity index (χ0v) is 44.7. The van der Waals surface area contributed by atoms with Crippen molar-refractivity contribution in [3.8, 4) is 0 Å². The van der Waals surface area contributed by atoms with Crippen molar-refractivity contribution in [1.29, 1.82) is 0 Å².